The summed E-state index contributed by atoms with van der Waals surface area (Å²) in [5, 5.41) is 0. The van der Waals surface area contributed by atoms with Crippen molar-refractivity contribution in [3.8, 4) is 0 Å². The zero-order valence-corrected chi connectivity index (χ0v) is 13.2. The molecular weight excluding hydrogens is 260 g/mol. The lowest BCUT2D eigenvalue weighted by molar-refractivity contribution is -0.160. The highest BCUT2D eigenvalue weighted by Crippen LogP contribution is 2.60. The molecule has 0 aromatic carbocycles. The maximum absolute atomic E-state index is 13.4. The fourth-order valence-corrected chi connectivity index (χ4v) is 6.48. The van der Waals surface area contributed by atoms with E-state index in [0.717, 1.165) is 24.3 Å². The number of nitrogens with zero attached hydrogens (tertiary/aromatic N) is 1. The molecule has 0 aromatic heterocycles. The van der Waals surface area contributed by atoms with Crippen molar-refractivity contribution in [3.05, 3.63) is 0 Å². The zero-order valence-electron chi connectivity index (χ0n) is 13.2. The minimum atomic E-state index is 0.0203. The van der Waals surface area contributed by atoms with Gasteiger partial charge in [-0.25, -0.2) is 0 Å². The van der Waals surface area contributed by atoms with Gasteiger partial charge in [0, 0.05) is 19.1 Å². The van der Waals surface area contributed by atoms with Gasteiger partial charge in [-0.2, -0.15) is 0 Å². The highest BCUT2D eigenvalue weighted by Gasteiger charge is 2.56. The van der Waals surface area contributed by atoms with E-state index in [0.29, 0.717) is 18.5 Å². The van der Waals surface area contributed by atoms with E-state index in [2.05, 4.69) is 4.90 Å². The number of carbonyl (C=O) groups excluding carboxylic acids is 1. The molecule has 1 amide bonds. The lowest BCUT2D eigenvalue weighted by atomic mass is 9.49. The van der Waals surface area contributed by atoms with Crippen molar-refractivity contribution >= 4 is 5.91 Å². The molecule has 0 unspecified atom stereocenters. The first-order valence-corrected chi connectivity index (χ1v) is 9.21. The molecule has 5 fully saturated rings. The molecule has 0 spiro atoms. The van der Waals surface area contributed by atoms with E-state index >= 15 is 0 Å². The van der Waals surface area contributed by atoms with Crippen LogP contribution in [0.5, 0.6) is 0 Å². The summed E-state index contributed by atoms with van der Waals surface area (Å²) in [5.74, 6) is 3.05. The van der Waals surface area contributed by atoms with Crippen LogP contribution in [0, 0.1) is 23.2 Å². The quantitative estimate of drug-likeness (QED) is 0.865. The Balaban J connectivity index is 1.57. The number of hydrogen-bond acceptors (Lipinski definition) is 2. The van der Waals surface area contributed by atoms with Crippen molar-refractivity contribution in [2.45, 2.75) is 70.3 Å². The summed E-state index contributed by atoms with van der Waals surface area (Å²) in [5.41, 5.74) is 5.85. The number of carbonyl (C=O) groups is 1. The van der Waals surface area contributed by atoms with Crippen molar-refractivity contribution in [3.63, 3.8) is 0 Å². The highest BCUT2D eigenvalue weighted by atomic mass is 16.2. The van der Waals surface area contributed by atoms with Crippen LogP contribution in [-0.2, 0) is 4.79 Å². The molecule has 0 aliphatic heterocycles. The first-order chi connectivity index (χ1) is 10.2. The maximum Gasteiger partial charge on any atom is 0.229 e. The minimum absolute atomic E-state index is 0.0203. The lowest BCUT2D eigenvalue weighted by Gasteiger charge is -2.57. The first kappa shape index (κ1) is 14.0. The number of nitrogens with two attached hydrogens (primary N) is 1. The average molecular weight is 290 g/mol. The normalized spacial score (nSPS) is 41.7. The molecule has 118 valence electrons. The van der Waals surface area contributed by atoms with Crippen LogP contribution in [0.3, 0.4) is 0 Å². The highest BCUT2D eigenvalue weighted by molar-refractivity contribution is 5.83. The van der Waals surface area contributed by atoms with Gasteiger partial charge in [-0.05, 0) is 69.1 Å². The number of amides is 1. The van der Waals surface area contributed by atoms with Gasteiger partial charge in [-0.15, -0.1) is 0 Å². The second-order valence-corrected chi connectivity index (χ2v) is 8.42. The predicted octanol–water partition coefficient (Wildman–Crippen LogP) is 2.93. The van der Waals surface area contributed by atoms with Gasteiger partial charge in [0.15, 0.2) is 0 Å². The zero-order chi connectivity index (χ0) is 14.4. The third-order valence-electron chi connectivity index (χ3n) is 6.89. The van der Waals surface area contributed by atoms with Crippen molar-refractivity contribution in [1.82, 2.24) is 4.90 Å². The summed E-state index contributed by atoms with van der Waals surface area (Å²) >= 11 is 0. The molecule has 0 radical (unpaired) electrons. The van der Waals surface area contributed by atoms with Crippen LogP contribution in [0.2, 0.25) is 0 Å². The first-order valence-electron chi connectivity index (χ1n) is 9.21. The van der Waals surface area contributed by atoms with Crippen LogP contribution in [0.15, 0.2) is 0 Å². The number of rotatable bonds is 4. The Bertz CT molecular complexity index is 378. The Morgan fingerprint density at radius 2 is 1.52 bits per heavy atom. The van der Waals surface area contributed by atoms with Gasteiger partial charge in [0.05, 0.1) is 5.41 Å². The van der Waals surface area contributed by atoms with Gasteiger partial charge in [0.2, 0.25) is 5.91 Å². The summed E-state index contributed by atoms with van der Waals surface area (Å²) in [7, 11) is 0. The van der Waals surface area contributed by atoms with E-state index in [1.54, 1.807) is 0 Å². The van der Waals surface area contributed by atoms with Crippen molar-refractivity contribution in [1.29, 1.82) is 0 Å². The van der Waals surface area contributed by atoms with Gasteiger partial charge in [-0.3, -0.25) is 4.79 Å². The molecule has 4 bridgehead atoms. The summed E-state index contributed by atoms with van der Waals surface area (Å²) in [4.78, 5) is 15.7. The summed E-state index contributed by atoms with van der Waals surface area (Å²) in [6.45, 7) is 1.40. The SMILES string of the molecule is NCCN(C(=O)C12CC3CC(CC(C3)C1)C2)C1CCCC1. The Labute approximate surface area is 128 Å². The lowest BCUT2D eigenvalue weighted by Crippen LogP contribution is -2.57. The predicted molar refractivity (Wildman–Crippen MR) is 83.6 cm³/mol. The van der Waals surface area contributed by atoms with Gasteiger partial charge in [-0.1, -0.05) is 12.8 Å². The van der Waals surface area contributed by atoms with Crippen molar-refractivity contribution < 1.29 is 4.79 Å². The minimum Gasteiger partial charge on any atom is -0.338 e. The average Bonchev–Trinajstić information content (AvgIpc) is 2.96. The second-order valence-electron chi connectivity index (χ2n) is 8.42. The second kappa shape index (κ2) is 5.26. The molecule has 5 aliphatic carbocycles. The van der Waals surface area contributed by atoms with E-state index in [1.165, 1.54) is 64.2 Å². The Morgan fingerprint density at radius 3 is 2.00 bits per heavy atom. The molecule has 3 nitrogen and oxygen atoms in total. The number of hydrogen-bond donors (Lipinski definition) is 1. The van der Waals surface area contributed by atoms with Gasteiger partial charge < -0.3 is 10.6 Å². The van der Waals surface area contributed by atoms with E-state index in [1.807, 2.05) is 0 Å². The molecule has 0 saturated heterocycles. The summed E-state index contributed by atoms with van der Waals surface area (Å²) in [6, 6.07) is 0.494. The topological polar surface area (TPSA) is 46.3 Å². The molecule has 5 rings (SSSR count). The summed E-state index contributed by atoms with van der Waals surface area (Å²) in [6.07, 6.45) is 12.8. The van der Waals surface area contributed by atoms with Crippen LogP contribution in [-0.4, -0.2) is 29.9 Å². The van der Waals surface area contributed by atoms with E-state index in [4.69, 9.17) is 5.73 Å². The molecule has 5 aliphatic rings. The van der Waals surface area contributed by atoms with Gasteiger partial charge >= 0.3 is 0 Å². The van der Waals surface area contributed by atoms with E-state index < -0.39 is 0 Å². The van der Waals surface area contributed by atoms with E-state index in [9.17, 15) is 4.79 Å². The van der Waals surface area contributed by atoms with Crippen LogP contribution in [0.25, 0.3) is 0 Å². The molecule has 0 aromatic rings. The molecule has 5 saturated carbocycles. The summed E-state index contributed by atoms with van der Waals surface area (Å²) < 4.78 is 0. The molecule has 3 heteroatoms. The largest absolute Gasteiger partial charge is 0.338 e. The standard InChI is InChI=1S/C18H30N2O/c19-5-6-20(16-3-1-2-4-16)17(21)18-10-13-7-14(11-18)9-15(8-13)12-18/h13-16H,1-12,19H2. The molecule has 0 heterocycles. The van der Waals surface area contributed by atoms with Gasteiger partial charge in [0.1, 0.15) is 0 Å². The third-order valence-corrected chi connectivity index (χ3v) is 6.89. The van der Waals surface area contributed by atoms with Crippen LogP contribution in [0.1, 0.15) is 64.2 Å². The fourth-order valence-electron chi connectivity index (χ4n) is 6.48. The van der Waals surface area contributed by atoms with Crippen molar-refractivity contribution in [2.75, 3.05) is 13.1 Å². The fraction of sp³-hybridized carbons (Fsp3) is 0.944. The monoisotopic (exact) mass is 290 g/mol. The van der Waals surface area contributed by atoms with Gasteiger partial charge in [0.25, 0.3) is 0 Å². The maximum atomic E-state index is 13.4. The Hall–Kier alpha value is -0.570. The van der Waals surface area contributed by atoms with Crippen LogP contribution < -0.4 is 5.73 Å². The molecular formula is C18H30N2O. The Kier molecular flexibility index (Phi) is 3.52. The molecule has 2 N–H and O–H groups in total. The smallest absolute Gasteiger partial charge is 0.229 e. The Morgan fingerprint density at radius 1 is 1.00 bits per heavy atom. The molecule has 21 heavy (non-hydrogen) atoms. The molecule has 0 atom stereocenters. The van der Waals surface area contributed by atoms with Crippen molar-refractivity contribution in [2.24, 2.45) is 28.9 Å². The van der Waals surface area contributed by atoms with E-state index in [-0.39, 0.29) is 5.41 Å². The van der Waals surface area contributed by atoms with Crippen LogP contribution >= 0.6 is 0 Å². The van der Waals surface area contributed by atoms with Crippen LogP contribution in [0.4, 0.5) is 0 Å². The third kappa shape index (κ3) is 2.32.